The van der Waals surface area contributed by atoms with Crippen molar-refractivity contribution in [2.75, 3.05) is 25.9 Å². The number of hydrogen-bond acceptors (Lipinski definition) is 3. The Morgan fingerprint density at radius 1 is 1.38 bits per heavy atom. The normalized spacial score (nSPS) is 16.3. The molecule has 16 heavy (non-hydrogen) atoms. The van der Waals surface area contributed by atoms with Crippen LogP contribution >= 0.6 is 0 Å². The third-order valence-corrected chi connectivity index (χ3v) is 3.05. The second-order valence-corrected chi connectivity index (χ2v) is 4.20. The Kier molecular flexibility index (Phi) is 2.49. The monoisotopic (exact) mass is 223 g/mol. The van der Waals surface area contributed by atoms with Gasteiger partial charge in [-0.1, -0.05) is 0 Å². The zero-order valence-electron chi connectivity index (χ0n) is 9.90. The maximum Gasteiger partial charge on any atom is 0.320 e. The summed E-state index contributed by atoms with van der Waals surface area (Å²) in [6.45, 7) is 3.99. The van der Waals surface area contributed by atoms with Crippen LogP contribution in [0.25, 0.3) is 0 Å². The number of likely N-dealkylation sites (N-methyl/N-ethyl adjacent to an activating group) is 1. The number of carbonyl (C=O) groups excluding carboxylic acids is 1. The molecule has 1 fully saturated rings. The van der Waals surface area contributed by atoms with Gasteiger partial charge in [0.2, 0.25) is 0 Å². The van der Waals surface area contributed by atoms with Gasteiger partial charge in [0.1, 0.15) is 5.82 Å². The molecule has 2 amide bonds. The zero-order valence-corrected chi connectivity index (χ0v) is 9.90. The summed E-state index contributed by atoms with van der Waals surface area (Å²) in [6.07, 6.45) is 0. The summed E-state index contributed by atoms with van der Waals surface area (Å²) >= 11 is 0. The highest BCUT2D eigenvalue weighted by Crippen LogP contribution is 2.19. The average molecular weight is 223 g/mol. The van der Waals surface area contributed by atoms with E-state index >= 15 is 0 Å². The number of amides is 2. The molecule has 1 saturated heterocycles. The lowest BCUT2D eigenvalue weighted by Gasteiger charge is -2.15. The third-order valence-electron chi connectivity index (χ3n) is 3.05. The largest absolute Gasteiger partial charge is 0.384 e. The predicted octanol–water partition coefficient (Wildman–Crippen LogP) is 0.178. The zero-order chi connectivity index (χ0) is 11.9. The smallest absolute Gasteiger partial charge is 0.320 e. The molecule has 6 nitrogen and oxygen atoms in total. The van der Waals surface area contributed by atoms with Crippen LogP contribution in [0.4, 0.5) is 10.6 Å². The SMILES string of the molecule is Cc1nn(C)c(N)c1CN1CCN(C)C1=O. The van der Waals surface area contributed by atoms with Crippen LogP contribution in [0.2, 0.25) is 0 Å². The molecule has 1 aliphatic rings. The Bertz CT molecular complexity index is 425. The van der Waals surface area contributed by atoms with E-state index in [1.807, 2.05) is 21.0 Å². The van der Waals surface area contributed by atoms with Gasteiger partial charge in [-0.15, -0.1) is 0 Å². The molecule has 0 radical (unpaired) electrons. The fourth-order valence-corrected chi connectivity index (χ4v) is 1.96. The topological polar surface area (TPSA) is 67.4 Å². The number of aromatic nitrogens is 2. The Balaban J connectivity index is 2.18. The van der Waals surface area contributed by atoms with Crippen molar-refractivity contribution < 1.29 is 4.79 Å². The highest BCUT2D eigenvalue weighted by molar-refractivity contribution is 5.76. The van der Waals surface area contributed by atoms with Crippen molar-refractivity contribution in [2.24, 2.45) is 7.05 Å². The number of hydrogen-bond donors (Lipinski definition) is 1. The van der Waals surface area contributed by atoms with Gasteiger partial charge in [-0.3, -0.25) is 4.68 Å². The first-order chi connectivity index (χ1) is 7.50. The highest BCUT2D eigenvalue weighted by atomic mass is 16.2. The molecule has 6 heteroatoms. The van der Waals surface area contributed by atoms with Crippen molar-refractivity contribution in [3.8, 4) is 0 Å². The first-order valence-electron chi connectivity index (χ1n) is 5.28. The molecule has 2 heterocycles. The molecule has 0 bridgehead atoms. The second-order valence-electron chi connectivity index (χ2n) is 4.20. The highest BCUT2D eigenvalue weighted by Gasteiger charge is 2.26. The molecule has 1 aromatic rings. The van der Waals surface area contributed by atoms with Gasteiger partial charge in [-0.05, 0) is 6.92 Å². The fraction of sp³-hybridized carbons (Fsp3) is 0.600. The van der Waals surface area contributed by atoms with Crippen molar-refractivity contribution in [2.45, 2.75) is 13.5 Å². The van der Waals surface area contributed by atoms with Crippen LogP contribution in [0.1, 0.15) is 11.3 Å². The first kappa shape index (κ1) is 10.8. The summed E-state index contributed by atoms with van der Waals surface area (Å²) in [6, 6.07) is 0.0580. The molecular weight excluding hydrogens is 206 g/mol. The Labute approximate surface area is 94.6 Å². The Morgan fingerprint density at radius 3 is 2.50 bits per heavy atom. The summed E-state index contributed by atoms with van der Waals surface area (Å²) in [5.41, 5.74) is 7.75. The number of carbonyl (C=O) groups is 1. The number of rotatable bonds is 2. The number of nitrogens with zero attached hydrogens (tertiary/aromatic N) is 4. The maximum atomic E-state index is 11.7. The molecule has 2 rings (SSSR count). The number of nitrogens with two attached hydrogens (primary N) is 1. The lowest BCUT2D eigenvalue weighted by atomic mass is 10.2. The molecule has 0 aromatic carbocycles. The van der Waals surface area contributed by atoms with Gasteiger partial charge in [0.15, 0.2) is 0 Å². The molecule has 0 atom stereocenters. The second kappa shape index (κ2) is 3.70. The van der Waals surface area contributed by atoms with Crippen molar-refractivity contribution in [3.63, 3.8) is 0 Å². The minimum Gasteiger partial charge on any atom is -0.384 e. The molecule has 0 unspecified atom stereocenters. The number of urea groups is 1. The lowest BCUT2D eigenvalue weighted by molar-refractivity contribution is 0.197. The van der Waals surface area contributed by atoms with Gasteiger partial charge in [-0.2, -0.15) is 5.10 Å². The van der Waals surface area contributed by atoms with E-state index in [4.69, 9.17) is 5.73 Å². The molecular formula is C10H17N5O. The summed E-state index contributed by atoms with van der Waals surface area (Å²) in [5, 5.41) is 4.24. The molecule has 1 aliphatic heterocycles. The third kappa shape index (κ3) is 1.60. The van der Waals surface area contributed by atoms with Gasteiger partial charge in [0.05, 0.1) is 12.2 Å². The fourth-order valence-electron chi connectivity index (χ4n) is 1.96. The standard InChI is InChI=1S/C10H17N5O/c1-7-8(9(11)14(3)12-7)6-15-5-4-13(2)10(15)16/h4-6,11H2,1-3H3. The summed E-state index contributed by atoms with van der Waals surface area (Å²) in [5.74, 6) is 0.639. The first-order valence-corrected chi connectivity index (χ1v) is 5.28. The van der Waals surface area contributed by atoms with Crippen molar-refractivity contribution in [3.05, 3.63) is 11.3 Å². The summed E-state index contributed by atoms with van der Waals surface area (Å²) in [4.78, 5) is 15.2. The quantitative estimate of drug-likeness (QED) is 0.777. The van der Waals surface area contributed by atoms with E-state index in [9.17, 15) is 4.79 Å². The number of anilines is 1. The molecule has 0 aliphatic carbocycles. The predicted molar refractivity (Wildman–Crippen MR) is 60.8 cm³/mol. The van der Waals surface area contributed by atoms with Gasteiger partial charge >= 0.3 is 6.03 Å². The van der Waals surface area contributed by atoms with Crippen LogP contribution in [0.3, 0.4) is 0 Å². The molecule has 2 N–H and O–H groups in total. The Morgan fingerprint density at radius 2 is 2.06 bits per heavy atom. The van der Waals surface area contributed by atoms with Gasteiger partial charge < -0.3 is 15.5 Å². The van der Waals surface area contributed by atoms with Crippen LogP contribution < -0.4 is 5.73 Å². The van der Waals surface area contributed by atoms with E-state index in [2.05, 4.69) is 5.10 Å². The van der Waals surface area contributed by atoms with Crippen LogP contribution in [0.5, 0.6) is 0 Å². The average Bonchev–Trinajstić information content (AvgIpc) is 2.66. The number of aryl methyl sites for hydroxylation is 2. The Hall–Kier alpha value is -1.72. The molecule has 0 saturated carbocycles. The van der Waals surface area contributed by atoms with E-state index in [0.29, 0.717) is 12.4 Å². The van der Waals surface area contributed by atoms with Crippen LogP contribution in [0.15, 0.2) is 0 Å². The van der Waals surface area contributed by atoms with Crippen molar-refractivity contribution >= 4 is 11.8 Å². The van der Waals surface area contributed by atoms with Crippen LogP contribution in [-0.4, -0.2) is 45.7 Å². The van der Waals surface area contributed by atoms with E-state index < -0.39 is 0 Å². The van der Waals surface area contributed by atoms with E-state index in [1.54, 1.807) is 14.5 Å². The summed E-state index contributed by atoms with van der Waals surface area (Å²) < 4.78 is 1.65. The van der Waals surface area contributed by atoms with Gasteiger partial charge in [-0.25, -0.2) is 4.79 Å². The van der Waals surface area contributed by atoms with Crippen molar-refractivity contribution in [1.82, 2.24) is 19.6 Å². The van der Waals surface area contributed by atoms with E-state index in [-0.39, 0.29) is 6.03 Å². The maximum absolute atomic E-state index is 11.7. The minimum absolute atomic E-state index is 0.0580. The van der Waals surface area contributed by atoms with Gasteiger partial charge in [0, 0.05) is 32.7 Å². The van der Waals surface area contributed by atoms with Crippen LogP contribution in [0, 0.1) is 6.92 Å². The lowest BCUT2D eigenvalue weighted by Crippen LogP contribution is -2.29. The molecule has 1 aromatic heterocycles. The molecule has 0 spiro atoms. The molecule has 88 valence electrons. The minimum atomic E-state index is 0.0580. The van der Waals surface area contributed by atoms with Crippen molar-refractivity contribution in [1.29, 1.82) is 0 Å². The van der Waals surface area contributed by atoms with Gasteiger partial charge in [0.25, 0.3) is 0 Å². The van der Waals surface area contributed by atoms with E-state index in [1.165, 1.54) is 0 Å². The number of nitrogen functional groups attached to an aromatic ring is 1. The summed E-state index contributed by atoms with van der Waals surface area (Å²) in [7, 11) is 3.62. The van der Waals surface area contributed by atoms with Crippen LogP contribution in [-0.2, 0) is 13.6 Å². The van der Waals surface area contributed by atoms with E-state index in [0.717, 1.165) is 24.3 Å².